The van der Waals surface area contributed by atoms with Crippen LogP contribution in [0.2, 0.25) is 5.02 Å². The molecule has 0 aliphatic heterocycles. The molecular weight excluding hydrogens is 301 g/mol. The SMILES string of the molecule is Fc1cccc(CC(CCl)Cc2c(F)cccc2Cl)c1. The summed E-state index contributed by atoms with van der Waals surface area (Å²) >= 11 is 12.0. The fraction of sp³-hybridized carbons (Fsp3) is 0.250. The second-order valence-corrected chi connectivity index (χ2v) is 5.47. The predicted octanol–water partition coefficient (Wildman–Crippen LogP) is 5.26. The molecule has 0 N–H and O–H groups in total. The summed E-state index contributed by atoms with van der Waals surface area (Å²) in [5.74, 6) is -0.235. The Labute approximate surface area is 127 Å². The summed E-state index contributed by atoms with van der Waals surface area (Å²) in [6.45, 7) is 0. The van der Waals surface area contributed by atoms with E-state index >= 15 is 0 Å². The molecule has 4 heteroatoms. The van der Waals surface area contributed by atoms with Gasteiger partial charge in [0.25, 0.3) is 0 Å². The van der Waals surface area contributed by atoms with Crippen LogP contribution >= 0.6 is 23.2 Å². The summed E-state index contributed by atoms with van der Waals surface area (Å²) in [6.07, 6.45) is 1.03. The summed E-state index contributed by atoms with van der Waals surface area (Å²) < 4.78 is 26.9. The van der Waals surface area contributed by atoms with Crippen molar-refractivity contribution in [3.8, 4) is 0 Å². The van der Waals surface area contributed by atoms with Crippen molar-refractivity contribution in [1.82, 2.24) is 0 Å². The van der Waals surface area contributed by atoms with Crippen LogP contribution in [0.1, 0.15) is 11.1 Å². The topological polar surface area (TPSA) is 0 Å². The minimum atomic E-state index is -0.327. The van der Waals surface area contributed by atoms with E-state index in [-0.39, 0.29) is 17.6 Å². The zero-order valence-corrected chi connectivity index (χ0v) is 12.3. The van der Waals surface area contributed by atoms with Crippen LogP contribution in [0.4, 0.5) is 8.78 Å². The van der Waals surface area contributed by atoms with E-state index in [0.717, 1.165) is 5.56 Å². The third-order valence-electron chi connectivity index (χ3n) is 3.19. The molecule has 0 fully saturated rings. The second-order valence-electron chi connectivity index (χ2n) is 4.76. The van der Waals surface area contributed by atoms with Gasteiger partial charge in [-0.3, -0.25) is 0 Å². The highest BCUT2D eigenvalue weighted by Crippen LogP contribution is 2.24. The summed E-state index contributed by atoms with van der Waals surface area (Å²) in [5, 5.41) is 0.402. The van der Waals surface area contributed by atoms with E-state index < -0.39 is 0 Å². The molecule has 2 rings (SSSR count). The summed E-state index contributed by atoms with van der Waals surface area (Å²) in [6, 6.07) is 11.0. The number of halogens is 4. The third kappa shape index (κ3) is 3.94. The predicted molar refractivity (Wildman–Crippen MR) is 79.4 cm³/mol. The zero-order chi connectivity index (χ0) is 14.5. The maximum absolute atomic E-state index is 13.8. The third-order valence-corrected chi connectivity index (χ3v) is 3.98. The number of hydrogen-bond acceptors (Lipinski definition) is 0. The molecular formula is C16H14Cl2F2. The molecule has 0 radical (unpaired) electrons. The van der Waals surface area contributed by atoms with Gasteiger partial charge in [0, 0.05) is 16.5 Å². The van der Waals surface area contributed by atoms with Gasteiger partial charge in [0.05, 0.1) is 0 Å². The molecule has 0 aliphatic rings. The zero-order valence-electron chi connectivity index (χ0n) is 10.8. The molecule has 2 aromatic carbocycles. The molecule has 0 bridgehead atoms. The van der Waals surface area contributed by atoms with Crippen LogP contribution in [0.3, 0.4) is 0 Å². The van der Waals surface area contributed by atoms with Crippen LogP contribution in [0, 0.1) is 17.6 Å². The van der Waals surface area contributed by atoms with Crippen molar-refractivity contribution < 1.29 is 8.78 Å². The first-order valence-electron chi connectivity index (χ1n) is 6.33. The van der Waals surface area contributed by atoms with Gasteiger partial charge in [-0.25, -0.2) is 8.78 Å². The van der Waals surface area contributed by atoms with E-state index in [2.05, 4.69) is 0 Å². The van der Waals surface area contributed by atoms with E-state index in [0.29, 0.717) is 29.3 Å². The highest BCUT2D eigenvalue weighted by Gasteiger charge is 2.15. The largest absolute Gasteiger partial charge is 0.207 e. The van der Waals surface area contributed by atoms with Crippen LogP contribution in [-0.4, -0.2) is 5.88 Å². The fourth-order valence-corrected chi connectivity index (χ4v) is 2.65. The minimum Gasteiger partial charge on any atom is -0.207 e. The quantitative estimate of drug-likeness (QED) is 0.660. The van der Waals surface area contributed by atoms with Crippen molar-refractivity contribution in [2.45, 2.75) is 12.8 Å². The van der Waals surface area contributed by atoms with Crippen molar-refractivity contribution in [2.75, 3.05) is 5.88 Å². The molecule has 0 spiro atoms. The van der Waals surface area contributed by atoms with E-state index in [1.54, 1.807) is 18.2 Å². The van der Waals surface area contributed by atoms with Gasteiger partial charge in [-0.15, -0.1) is 11.6 Å². The van der Waals surface area contributed by atoms with Gasteiger partial charge in [0.15, 0.2) is 0 Å². The Morgan fingerprint density at radius 3 is 2.40 bits per heavy atom. The summed E-state index contributed by atoms with van der Waals surface area (Å²) in [7, 11) is 0. The maximum atomic E-state index is 13.8. The van der Waals surface area contributed by atoms with Crippen LogP contribution in [0.5, 0.6) is 0 Å². The molecule has 1 unspecified atom stereocenters. The first-order chi connectivity index (χ1) is 9.60. The lowest BCUT2D eigenvalue weighted by atomic mass is 9.94. The Morgan fingerprint density at radius 2 is 1.75 bits per heavy atom. The molecule has 20 heavy (non-hydrogen) atoms. The number of hydrogen-bond donors (Lipinski definition) is 0. The van der Waals surface area contributed by atoms with Crippen molar-refractivity contribution in [1.29, 1.82) is 0 Å². The first-order valence-corrected chi connectivity index (χ1v) is 7.24. The standard InChI is InChI=1S/C16H14Cl2F2/c17-10-12(7-11-3-1-4-13(19)8-11)9-14-15(18)5-2-6-16(14)20/h1-6,8,12H,7,9-10H2. The molecule has 0 nitrogen and oxygen atoms in total. The van der Waals surface area contributed by atoms with Crippen molar-refractivity contribution in [3.05, 3.63) is 70.2 Å². The van der Waals surface area contributed by atoms with Crippen LogP contribution in [-0.2, 0) is 12.8 Å². The molecule has 0 heterocycles. The second kappa shape index (κ2) is 7.05. The normalized spacial score (nSPS) is 12.4. The Kier molecular flexibility index (Phi) is 5.38. The average Bonchev–Trinajstić information content (AvgIpc) is 2.42. The van der Waals surface area contributed by atoms with Gasteiger partial charge in [-0.2, -0.15) is 0 Å². The van der Waals surface area contributed by atoms with E-state index in [9.17, 15) is 8.78 Å². The Bertz CT molecular complexity index is 564. The van der Waals surface area contributed by atoms with Gasteiger partial charge in [0.1, 0.15) is 11.6 Å². The highest BCUT2D eigenvalue weighted by molar-refractivity contribution is 6.31. The fourth-order valence-electron chi connectivity index (χ4n) is 2.19. The van der Waals surface area contributed by atoms with Crippen molar-refractivity contribution in [3.63, 3.8) is 0 Å². The molecule has 106 valence electrons. The van der Waals surface area contributed by atoms with Crippen LogP contribution in [0.15, 0.2) is 42.5 Å². The lowest BCUT2D eigenvalue weighted by molar-refractivity contribution is 0.544. The maximum Gasteiger partial charge on any atom is 0.127 e. The van der Waals surface area contributed by atoms with E-state index in [1.165, 1.54) is 18.2 Å². The summed E-state index contributed by atoms with van der Waals surface area (Å²) in [4.78, 5) is 0. The molecule has 2 aromatic rings. The van der Waals surface area contributed by atoms with Crippen molar-refractivity contribution >= 4 is 23.2 Å². The molecule has 0 saturated carbocycles. The molecule has 0 aliphatic carbocycles. The Hall–Kier alpha value is -1.12. The van der Waals surface area contributed by atoms with Gasteiger partial charge in [0.2, 0.25) is 0 Å². The van der Waals surface area contributed by atoms with Gasteiger partial charge >= 0.3 is 0 Å². The van der Waals surface area contributed by atoms with E-state index in [4.69, 9.17) is 23.2 Å². The van der Waals surface area contributed by atoms with Gasteiger partial charge in [-0.1, -0.05) is 29.8 Å². The lowest BCUT2D eigenvalue weighted by Crippen LogP contribution is -2.11. The highest BCUT2D eigenvalue weighted by atomic mass is 35.5. The molecule has 0 amide bonds. The monoisotopic (exact) mass is 314 g/mol. The molecule has 0 saturated heterocycles. The first kappa shape index (κ1) is 15.3. The Morgan fingerprint density at radius 1 is 1.00 bits per heavy atom. The smallest absolute Gasteiger partial charge is 0.127 e. The summed E-state index contributed by atoms with van der Waals surface area (Å²) in [5.41, 5.74) is 1.32. The minimum absolute atomic E-state index is 0.00728. The van der Waals surface area contributed by atoms with Gasteiger partial charge < -0.3 is 0 Å². The van der Waals surface area contributed by atoms with Gasteiger partial charge in [-0.05, 0) is 48.6 Å². The molecule has 1 atom stereocenters. The van der Waals surface area contributed by atoms with E-state index in [1.807, 2.05) is 6.07 Å². The average molecular weight is 315 g/mol. The number of rotatable bonds is 5. The lowest BCUT2D eigenvalue weighted by Gasteiger charge is -2.15. The number of alkyl halides is 1. The number of benzene rings is 2. The van der Waals surface area contributed by atoms with Crippen LogP contribution < -0.4 is 0 Å². The van der Waals surface area contributed by atoms with Crippen LogP contribution in [0.25, 0.3) is 0 Å². The van der Waals surface area contributed by atoms with Crippen molar-refractivity contribution in [2.24, 2.45) is 5.92 Å². The molecule has 0 aromatic heterocycles. The Balaban J connectivity index is 2.13.